The van der Waals surface area contributed by atoms with E-state index in [2.05, 4.69) is 85.1 Å². The average Bonchev–Trinajstić information content (AvgIpc) is 3.55. The third-order valence-electron chi connectivity index (χ3n) is 7.94. The van der Waals surface area contributed by atoms with Crippen molar-refractivity contribution in [1.82, 2.24) is 19.3 Å². The maximum atomic E-state index is 6.46. The van der Waals surface area contributed by atoms with Gasteiger partial charge in [-0.1, -0.05) is 55.5 Å². The molecule has 4 aromatic carbocycles. The minimum absolute atomic E-state index is 0.690. The van der Waals surface area contributed by atoms with Gasteiger partial charge in [0.25, 0.3) is 0 Å². The van der Waals surface area contributed by atoms with Crippen molar-refractivity contribution in [3.63, 3.8) is 0 Å². The van der Waals surface area contributed by atoms with Crippen LogP contribution in [0.15, 0.2) is 109 Å². The van der Waals surface area contributed by atoms with Gasteiger partial charge in [-0.25, -0.2) is 9.67 Å². The van der Waals surface area contributed by atoms with E-state index in [1.807, 2.05) is 54.2 Å². The summed E-state index contributed by atoms with van der Waals surface area (Å²) in [4.78, 5) is 4.70. The fourth-order valence-electron chi connectivity index (χ4n) is 5.83. The highest BCUT2D eigenvalue weighted by molar-refractivity contribution is 6.09. The van der Waals surface area contributed by atoms with Crippen LogP contribution in [0.4, 0.5) is 0 Å². The summed E-state index contributed by atoms with van der Waals surface area (Å²) in [5.41, 5.74) is 8.42. The van der Waals surface area contributed by atoms with Gasteiger partial charge in [0, 0.05) is 29.1 Å². The van der Waals surface area contributed by atoms with Crippen LogP contribution in [0, 0.1) is 13.8 Å². The standard InChI is InChI=1S/C37H32N4O2/c1-5-26-13-15-27(16-14-26)36-25(3)39-41(37(36)42-4)28-9-8-10-29(22-28)43-30-17-18-32-31-11-6-7-12-33(31)40(34(32)23-30)35-21-24(2)19-20-38-35/h6-23H,5H2,1-4H3. The molecule has 7 aromatic rings. The number of nitrogens with zero attached hydrogens (tertiary/aromatic N) is 4. The third-order valence-corrected chi connectivity index (χ3v) is 7.94. The average molecular weight is 565 g/mol. The fourth-order valence-corrected chi connectivity index (χ4v) is 5.83. The Morgan fingerprint density at radius 2 is 1.53 bits per heavy atom. The number of rotatable bonds is 7. The van der Waals surface area contributed by atoms with Crippen LogP contribution in [0.5, 0.6) is 17.4 Å². The van der Waals surface area contributed by atoms with Crippen LogP contribution < -0.4 is 9.47 Å². The molecule has 0 saturated heterocycles. The van der Waals surface area contributed by atoms with Gasteiger partial charge in [-0.2, -0.15) is 5.10 Å². The molecule has 0 N–H and O–H groups in total. The molecule has 0 fully saturated rings. The van der Waals surface area contributed by atoms with Crippen molar-refractivity contribution in [3.05, 3.63) is 126 Å². The number of methoxy groups -OCH3 is 1. The van der Waals surface area contributed by atoms with E-state index in [-0.39, 0.29) is 0 Å². The monoisotopic (exact) mass is 564 g/mol. The molecule has 0 atom stereocenters. The van der Waals surface area contributed by atoms with Crippen molar-refractivity contribution in [3.8, 4) is 40.0 Å². The largest absolute Gasteiger partial charge is 0.480 e. The number of benzene rings is 4. The van der Waals surface area contributed by atoms with Gasteiger partial charge in [0.1, 0.15) is 17.3 Å². The van der Waals surface area contributed by atoms with E-state index in [9.17, 15) is 0 Å². The van der Waals surface area contributed by atoms with Crippen LogP contribution in [0.2, 0.25) is 0 Å². The van der Waals surface area contributed by atoms with Crippen molar-refractivity contribution >= 4 is 21.8 Å². The van der Waals surface area contributed by atoms with Crippen LogP contribution in [-0.2, 0) is 6.42 Å². The zero-order valence-corrected chi connectivity index (χ0v) is 24.7. The summed E-state index contributed by atoms with van der Waals surface area (Å²) in [6.45, 7) is 6.26. The summed E-state index contributed by atoms with van der Waals surface area (Å²) in [5, 5.41) is 7.19. The number of aromatic nitrogens is 4. The lowest BCUT2D eigenvalue weighted by molar-refractivity contribution is 0.385. The van der Waals surface area contributed by atoms with E-state index >= 15 is 0 Å². The van der Waals surface area contributed by atoms with Crippen LogP contribution in [-0.4, -0.2) is 26.4 Å². The molecule has 0 bridgehead atoms. The van der Waals surface area contributed by atoms with Crippen LogP contribution >= 0.6 is 0 Å². The zero-order valence-electron chi connectivity index (χ0n) is 24.7. The fraction of sp³-hybridized carbons (Fsp3) is 0.135. The van der Waals surface area contributed by atoms with Crippen molar-refractivity contribution in [2.45, 2.75) is 27.2 Å². The van der Waals surface area contributed by atoms with Crippen molar-refractivity contribution in [2.24, 2.45) is 0 Å². The topological polar surface area (TPSA) is 54.1 Å². The van der Waals surface area contributed by atoms with Crippen molar-refractivity contribution in [1.29, 1.82) is 0 Å². The van der Waals surface area contributed by atoms with Gasteiger partial charge in [-0.15, -0.1) is 0 Å². The number of para-hydroxylation sites is 1. The summed E-state index contributed by atoms with van der Waals surface area (Å²) in [7, 11) is 1.69. The molecule has 0 amide bonds. The molecule has 6 nitrogen and oxygen atoms in total. The van der Waals surface area contributed by atoms with Crippen molar-refractivity contribution < 1.29 is 9.47 Å². The number of ether oxygens (including phenoxy) is 2. The molecule has 0 spiro atoms. The van der Waals surface area contributed by atoms with Gasteiger partial charge in [0.05, 0.1) is 35.1 Å². The Bertz CT molecular complexity index is 2100. The second-order valence-electron chi connectivity index (χ2n) is 10.8. The minimum atomic E-state index is 0.690. The van der Waals surface area contributed by atoms with E-state index < -0.39 is 0 Å². The lowest BCUT2D eigenvalue weighted by Crippen LogP contribution is -2.00. The van der Waals surface area contributed by atoms with E-state index in [0.29, 0.717) is 11.6 Å². The normalized spacial score (nSPS) is 11.3. The molecule has 43 heavy (non-hydrogen) atoms. The number of aryl methyl sites for hydroxylation is 3. The minimum Gasteiger partial charge on any atom is -0.480 e. The summed E-state index contributed by atoms with van der Waals surface area (Å²) in [5.74, 6) is 3.01. The van der Waals surface area contributed by atoms with Gasteiger partial charge >= 0.3 is 0 Å². The first-order valence-electron chi connectivity index (χ1n) is 14.5. The van der Waals surface area contributed by atoms with Gasteiger partial charge in [-0.3, -0.25) is 4.57 Å². The summed E-state index contributed by atoms with van der Waals surface area (Å²) < 4.78 is 16.4. The molecule has 0 saturated carbocycles. The highest BCUT2D eigenvalue weighted by Crippen LogP contribution is 2.37. The van der Waals surface area contributed by atoms with Gasteiger partial charge in [0.15, 0.2) is 0 Å². The van der Waals surface area contributed by atoms with Crippen LogP contribution in [0.25, 0.3) is 44.4 Å². The second-order valence-corrected chi connectivity index (χ2v) is 10.8. The maximum Gasteiger partial charge on any atom is 0.224 e. The molecule has 0 aliphatic carbocycles. The lowest BCUT2D eigenvalue weighted by Gasteiger charge is -2.12. The first-order chi connectivity index (χ1) is 21.0. The maximum absolute atomic E-state index is 6.46. The molecule has 0 radical (unpaired) electrons. The smallest absolute Gasteiger partial charge is 0.224 e. The Balaban J connectivity index is 1.27. The molecule has 0 unspecified atom stereocenters. The molecule has 0 aliphatic rings. The highest BCUT2D eigenvalue weighted by Gasteiger charge is 2.20. The van der Waals surface area contributed by atoms with Gasteiger partial charge in [-0.05, 0) is 79.4 Å². The van der Waals surface area contributed by atoms with Gasteiger partial charge in [0.2, 0.25) is 5.88 Å². The molecule has 212 valence electrons. The van der Waals surface area contributed by atoms with E-state index in [4.69, 9.17) is 19.6 Å². The van der Waals surface area contributed by atoms with E-state index in [1.54, 1.807) is 7.11 Å². The lowest BCUT2D eigenvalue weighted by atomic mass is 10.0. The van der Waals surface area contributed by atoms with Gasteiger partial charge < -0.3 is 9.47 Å². The molecule has 0 aliphatic heterocycles. The van der Waals surface area contributed by atoms with Crippen LogP contribution in [0.1, 0.15) is 23.7 Å². The summed E-state index contributed by atoms with van der Waals surface area (Å²) in [6.07, 6.45) is 2.86. The van der Waals surface area contributed by atoms with E-state index in [1.165, 1.54) is 10.9 Å². The molecular weight excluding hydrogens is 532 g/mol. The Hall–Kier alpha value is -5.36. The number of hydrogen-bond donors (Lipinski definition) is 0. The zero-order chi connectivity index (χ0) is 29.5. The molecular formula is C37H32N4O2. The first-order valence-corrected chi connectivity index (χ1v) is 14.5. The Labute approximate surface area is 250 Å². The predicted octanol–water partition coefficient (Wildman–Crippen LogP) is 9.01. The highest BCUT2D eigenvalue weighted by atomic mass is 16.5. The Morgan fingerprint density at radius 1 is 0.744 bits per heavy atom. The Kier molecular flexibility index (Phi) is 6.67. The molecule has 7 rings (SSSR count). The number of fused-ring (bicyclic) bond motifs is 3. The van der Waals surface area contributed by atoms with Crippen LogP contribution in [0.3, 0.4) is 0 Å². The SMILES string of the molecule is CCc1ccc(-c2c(C)nn(-c3cccc(Oc4ccc5c6ccccc6n(-c6cc(C)ccn6)c5c4)c3)c2OC)cc1. The Morgan fingerprint density at radius 3 is 2.33 bits per heavy atom. The second kappa shape index (κ2) is 10.8. The summed E-state index contributed by atoms with van der Waals surface area (Å²) in [6, 6.07) is 35.3. The quantitative estimate of drug-likeness (QED) is 0.194. The van der Waals surface area contributed by atoms with Crippen molar-refractivity contribution in [2.75, 3.05) is 7.11 Å². The molecule has 3 heterocycles. The molecule has 6 heteroatoms. The number of pyridine rings is 1. The third kappa shape index (κ3) is 4.71. The number of hydrogen-bond acceptors (Lipinski definition) is 4. The first kappa shape index (κ1) is 26.5. The van der Waals surface area contributed by atoms with E-state index in [0.717, 1.165) is 62.5 Å². The predicted molar refractivity (Wildman–Crippen MR) is 173 cm³/mol. The summed E-state index contributed by atoms with van der Waals surface area (Å²) >= 11 is 0. The molecule has 3 aromatic heterocycles.